The predicted octanol–water partition coefficient (Wildman–Crippen LogP) is -0.363. The van der Waals surface area contributed by atoms with E-state index in [2.05, 4.69) is 20.5 Å². The molecule has 0 heterocycles. The van der Waals surface area contributed by atoms with Crippen molar-refractivity contribution in [2.45, 2.75) is 25.0 Å². The Labute approximate surface area is 77.1 Å². The molecule has 0 amide bonds. The lowest BCUT2D eigenvalue weighted by molar-refractivity contribution is 0.0908. The summed E-state index contributed by atoms with van der Waals surface area (Å²) in [6, 6.07) is 0.312. The van der Waals surface area contributed by atoms with Crippen LogP contribution in [-0.4, -0.2) is 37.4 Å². The third-order valence-electron chi connectivity index (χ3n) is 2.05. The Morgan fingerprint density at radius 3 is 2.36 bits per heavy atom. The lowest BCUT2D eigenvalue weighted by Crippen LogP contribution is -2.16. The zero-order chi connectivity index (χ0) is 7.56. The monoisotopic (exact) mass is 220 g/mol. The van der Waals surface area contributed by atoms with Gasteiger partial charge in [0, 0.05) is 43.1 Å². The Morgan fingerprint density at radius 1 is 1.45 bits per heavy atom. The second kappa shape index (κ2) is 5.14. The number of aliphatic hydroxyl groups is 2. The second-order valence-corrected chi connectivity index (χ2v) is 3.25. The van der Waals surface area contributed by atoms with Crippen LogP contribution in [0.15, 0.2) is 0 Å². The van der Waals surface area contributed by atoms with Gasteiger partial charge in [0.05, 0.1) is 6.10 Å². The highest BCUT2D eigenvalue weighted by atomic mass is 79.9. The molecule has 63 valence electrons. The number of halogens is 1. The SMILES string of the molecule is OC[C@@H]1C[C@@H](NBr)C[C@@H]1O.[B]. The number of aliphatic hydroxyl groups excluding tert-OH is 2. The van der Waals surface area contributed by atoms with E-state index in [9.17, 15) is 5.11 Å². The summed E-state index contributed by atoms with van der Waals surface area (Å²) in [7, 11) is 0. The van der Waals surface area contributed by atoms with Crippen LogP contribution >= 0.6 is 16.1 Å². The van der Waals surface area contributed by atoms with Crippen LogP contribution in [0, 0.1) is 5.92 Å². The fraction of sp³-hybridized carbons (Fsp3) is 1.00. The van der Waals surface area contributed by atoms with Gasteiger partial charge < -0.3 is 10.2 Å². The molecule has 3 N–H and O–H groups in total. The smallest absolute Gasteiger partial charge is 0.0606 e. The molecule has 0 aromatic carbocycles. The molecule has 1 aliphatic rings. The van der Waals surface area contributed by atoms with Gasteiger partial charge in [-0.05, 0) is 12.8 Å². The predicted molar refractivity (Wildman–Crippen MR) is 47.4 cm³/mol. The highest BCUT2D eigenvalue weighted by Gasteiger charge is 2.31. The van der Waals surface area contributed by atoms with Gasteiger partial charge in [0.2, 0.25) is 0 Å². The van der Waals surface area contributed by atoms with Crippen LogP contribution < -0.4 is 4.34 Å². The van der Waals surface area contributed by atoms with Gasteiger partial charge in [-0.3, -0.25) is 4.34 Å². The summed E-state index contributed by atoms with van der Waals surface area (Å²) in [5.74, 6) is 0.0649. The maximum Gasteiger partial charge on any atom is 0.0606 e. The van der Waals surface area contributed by atoms with E-state index in [1.54, 1.807) is 0 Å². The first-order valence-electron chi connectivity index (χ1n) is 3.43. The summed E-state index contributed by atoms with van der Waals surface area (Å²) in [6.07, 6.45) is 1.25. The number of hydrogen-bond acceptors (Lipinski definition) is 3. The molecular weight excluding hydrogens is 209 g/mol. The van der Waals surface area contributed by atoms with Crippen molar-refractivity contribution in [3.8, 4) is 0 Å². The minimum atomic E-state index is -0.333. The van der Waals surface area contributed by atoms with Crippen molar-refractivity contribution in [1.82, 2.24) is 4.34 Å². The fourth-order valence-corrected chi connectivity index (χ4v) is 1.76. The van der Waals surface area contributed by atoms with Crippen LogP contribution in [0.3, 0.4) is 0 Å². The molecular formula is C6H12BBrNO2. The average molecular weight is 221 g/mol. The summed E-state index contributed by atoms with van der Waals surface area (Å²) in [5.41, 5.74) is 0. The number of hydrogen-bond donors (Lipinski definition) is 3. The van der Waals surface area contributed by atoms with Crippen molar-refractivity contribution >= 4 is 24.6 Å². The topological polar surface area (TPSA) is 52.5 Å². The Kier molecular flexibility index (Phi) is 5.34. The Morgan fingerprint density at radius 2 is 2.09 bits per heavy atom. The normalized spacial score (nSPS) is 36.8. The molecule has 5 heteroatoms. The highest BCUT2D eigenvalue weighted by molar-refractivity contribution is 9.08. The molecule has 3 nitrogen and oxygen atoms in total. The van der Waals surface area contributed by atoms with Gasteiger partial charge in [0.1, 0.15) is 0 Å². The molecule has 0 bridgehead atoms. The van der Waals surface area contributed by atoms with Crippen LogP contribution in [0.2, 0.25) is 0 Å². The third kappa shape index (κ3) is 2.74. The van der Waals surface area contributed by atoms with Gasteiger partial charge in [0.15, 0.2) is 0 Å². The van der Waals surface area contributed by atoms with E-state index in [1.165, 1.54) is 0 Å². The van der Waals surface area contributed by atoms with Gasteiger partial charge >= 0.3 is 0 Å². The first kappa shape index (κ1) is 11.4. The quantitative estimate of drug-likeness (QED) is 0.440. The van der Waals surface area contributed by atoms with Gasteiger partial charge in [-0.1, -0.05) is 0 Å². The first-order valence-corrected chi connectivity index (χ1v) is 4.22. The highest BCUT2D eigenvalue weighted by Crippen LogP contribution is 2.25. The molecule has 0 aliphatic heterocycles. The minimum absolute atomic E-state index is 0. The molecule has 1 aliphatic carbocycles. The summed E-state index contributed by atoms with van der Waals surface area (Å²) in [5, 5.41) is 18.0. The Hall–Kier alpha value is 0.425. The van der Waals surface area contributed by atoms with Crippen molar-refractivity contribution in [3.05, 3.63) is 0 Å². The van der Waals surface area contributed by atoms with Crippen LogP contribution in [0.5, 0.6) is 0 Å². The molecule has 1 saturated carbocycles. The van der Waals surface area contributed by atoms with E-state index in [1.807, 2.05) is 0 Å². The van der Waals surface area contributed by atoms with Crippen LogP contribution in [0.4, 0.5) is 0 Å². The summed E-state index contributed by atoms with van der Waals surface area (Å²) in [4.78, 5) is 0. The van der Waals surface area contributed by atoms with E-state index in [0.29, 0.717) is 6.04 Å². The fourth-order valence-electron chi connectivity index (χ4n) is 1.39. The van der Waals surface area contributed by atoms with Crippen LogP contribution in [-0.2, 0) is 0 Å². The molecule has 11 heavy (non-hydrogen) atoms. The van der Waals surface area contributed by atoms with Crippen LogP contribution in [0.25, 0.3) is 0 Å². The van der Waals surface area contributed by atoms with Gasteiger partial charge in [-0.15, -0.1) is 0 Å². The zero-order valence-corrected chi connectivity index (χ0v) is 7.79. The molecule has 0 unspecified atom stereocenters. The summed E-state index contributed by atoms with van der Waals surface area (Å²) < 4.78 is 2.90. The maximum absolute atomic E-state index is 9.27. The van der Waals surface area contributed by atoms with E-state index >= 15 is 0 Å². The van der Waals surface area contributed by atoms with Crippen LogP contribution in [0.1, 0.15) is 12.8 Å². The first-order chi connectivity index (χ1) is 4.77. The Bertz CT molecular complexity index is 117. The molecule has 3 atom stereocenters. The lowest BCUT2D eigenvalue weighted by atomic mass is 10.1. The average Bonchev–Trinajstić information content (AvgIpc) is 2.30. The van der Waals surface area contributed by atoms with Crippen molar-refractivity contribution in [2.75, 3.05) is 6.61 Å². The minimum Gasteiger partial charge on any atom is -0.396 e. The van der Waals surface area contributed by atoms with Crippen molar-refractivity contribution in [1.29, 1.82) is 0 Å². The van der Waals surface area contributed by atoms with Gasteiger partial charge in [-0.25, -0.2) is 0 Å². The molecule has 3 radical (unpaired) electrons. The number of rotatable bonds is 2. The summed E-state index contributed by atoms with van der Waals surface area (Å²) in [6.45, 7) is 0.0896. The van der Waals surface area contributed by atoms with Crippen molar-refractivity contribution in [2.24, 2.45) is 5.92 Å². The van der Waals surface area contributed by atoms with Crippen molar-refractivity contribution in [3.63, 3.8) is 0 Å². The van der Waals surface area contributed by atoms with Crippen molar-refractivity contribution < 1.29 is 10.2 Å². The van der Waals surface area contributed by atoms with Gasteiger partial charge in [-0.2, -0.15) is 0 Å². The molecule has 1 fully saturated rings. The van der Waals surface area contributed by atoms with Gasteiger partial charge in [0.25, 0.3) is 0 Å². The van der Waals surface area contributed by atoms with E-state index in [0.717, 1.165) is 12.8 Å². The third-order valence-corrected chi connectivity index (χ3v) is 2.69. The van der Waals surface area contributed by atoms with E-state index in [4.69, 9.17) is 5.11 Å². The molecule has 0 saturated heterocycles. The Balaban J connectivity index is 0.000001000. The molecule has 0 aromatic heterocycles. The zero-order valence-electron chi connectivity index (χ0n) is 6.20. The molecule has 0 aromatic rings. The summed E-state index contributed by atoms with van der Waals surface area (Å²) >= 11 is 3.12. The number of nitrogens with one attached hydrogen (secondary N) is 1. The largest absolute Gasteiger partial charge is 0.396 e. The standard InChI is InChI=1S/C6H12BrNO2.B/c7-8-5-1-4(3-9)6(10)2-5;/h4-6,8-10H,1-3H2;/t4-,5+,6-;/m0./s1. The van der Waals surface area contributed by atoms with E-state index in [-0.39, 0.29) is 27.0 Å². The molecule has 1 rings (SSSR count). The maximum atomic E-state index is 9.27. The lowest BCUT2D eigenvalue weighted by Gasteiger charge is -2.08. The molecule has 0 spiro atoms. The van der Waals surface area contributed by atoms with E-state index < -0.39 is 0 Å². The second-order valence-electron chi connectivity index (χ2n) is 2.79.